The van der Waals surface area contributed by atoms with Crippen LogP contribution in [0.15, 0.2) is 29.3 Å². The molecule has 6 nitrogen and oxygen atoms in total. The SMILES string of the molecule is Cc1c(C(=O)N(C)CCc2ccncc2)sc2nc(C)n(C)c(=O)c12. The molecule has 3 heterocycles. The molecule has 0 bridgehead atoms. The van der Waals surface area contributed by atoms with Crippen molar-refractivity contribution in [2.24, 2.45) is 7.05 Å². The molecule has 0 aliphatic heterocycles. The first-order chi connectivity index (χ1) is 11.9. The van der Waals surface area contributed by atoms with Crippen LogP contribution >= 0.6 is 11.3 Å². The van der Waals surface area contributed by atoms with E-state index in [0.717, 1.165) is 12.0 Å². The molecule has 0 saturated heterocycles. The van der Waals surface area contributed by atoms with Gasteiger partial charge in [-0.05, 0) is 43.5 Å². The van der Waals surface area contributed by atoms with Crippen molar-refractivity contribution in [1.29, 1.82) is 0 Å². The lowest BCUT2D eigenvalue weighted by Crippen LogP contribution is -2.28. The lowest BCUT2D eigenvalue weighted by atomic mass is 10.1. The Balaban J connectivity index is 1.88. The van der Waals surface area contributed by atoms with Crippen LogP contribution in [0.1, 0.15) is 26.6 Å². The minimum Gasteiger partial charge on any atom is -0.341 e. The fourth-order valence-corrected chi connectivity index (χ4v) is 3.90. The van der Waals surface area contributed by atoms with Crippen molar-refractivity contribution in [1.82, 2.24) is 19.4 Å². The Bertz CT molecular complexity index is 992. The fraction of sp³-hybridized carbons (Fsp3) is 0.333. The number of rotatable bonds is 4. The Morgan fingerprint density at radius 2 is 1.96 bits per heavy atom. The van der Waals surface area contributed by atoms with Gasteiger partial charge in [-0.1, -0.05) is 0 Å². The van der Waals surface area contributed by atoms with Gasteiger partial charge in [0.25, 0.3) is 11.5 Å². The molecule has 3 aromatic heterocycles. The average Bonchev–Trinajstić information content (AvgIpc) is 2.94. The van der Waals surface area contributed by atoms with Crippen molar-refractivity contribution >= 4 is 27.5 Å². The molecule has 3 rings (SSSR count). The van der Waals surface area contributed by atoms with Crippen molar-refractivity contribution in [3.05, 3.63) is 56.7 Å². The monoisotopic (exact) mass is 356 g/mol. The molecule has 0 saturated carbocycles. The molecule has 25 heavy (non-hydrogen) atoms. The maximum absolute atomic E-state index is 12.8. The summed E-state index contributed by atoms with van der Waals surface area (Å²) in [5.74, 6) is 0.568. The number of carbonyl (C=O) groups excluding carboxylic acids is 1. The van der Waals surface area contributed by atoms with Crippen LogP contribution in [0.5, 0.6) is 0 Å². The van der Waals surface area contributed by atoms with Crippen molar-refractivity contribution in [2.45, 2.75) is 20.3 Å². The van der Waals surface area contributed by atoms with Crippen LogP contribution in [0.2, 0.25) is 0 Å². The maximum Gasteiger partial charge on any atom is 0.264 e. The molecule has 0 fully saturated rings. The number of likely N-dealkylation sites (N-methyl/N-ethyl adjacent to an activating group) is 1. The number of aromatic nitrogens is 3. The first-order valence-corrected chi connectivity index (χ1v) is 8.83. The first-order valence-electron chi connectivity index (χ1n) is 8.01. The lowest BCUT2D eigenvalue weighted by molar-refractivity contribution is 0.0801. The molecule has 0 spiro atoms. The third-order valence-corrected chi connectivity index (χ3v) is 5.60. The van der Waals surface area contributed by atoms with Crippen LogP contribution in [0.3, 0.4) is 0 Å². The molecule has 0 unspecified atom stereocenters. The minimum atomic E-state index is -0.102. The molecule has 7 heteroatoms. The average molecular weight is 356 g/mol. The zero-order valence-corrected chi connectivity index (χ0v) is 15.6. The summed E-state index contributed by atoms with van der Waals surface area (Å²) in [6, 6.07) is 3.89. The highest BCUT2D eigenvalue weighted by atomic mass is 32.1. The zero-order chi connectivity index (χ0) is 18.1. The van der Waals surface area contributed by atoms with Gasteiger partial charge in [0, 0.05) is 33.0 Å². The number of hydrogen-bond acceptors (Lipinski definition) is 5. The Hall–Kier alpha value is -2.54. The van der Waals surface area contributed by atoms with E-state index in [1.807, 2.05) is 19.1 Å². The second-order valence-electron chi connectivity index (χ2n) is 6.09. The summed E-state index contributed by atoms with van der Waals surface area (Å²) in [5.41, 5.74) is 1.75. The summed E-state index contributed by atoms with van der Waals surface area (Å²) >= 11 is 1.29. The van der Waals surface area contributed by atoms with Crippen LogP contribution in [0.25, 0.3) is 10.2 Å². The van der Waals surface area contributed by atoms with Gasteiger partial charge in [-0.15, -0.1) is 11.3 Å². The largest absolute Gasteiger partial charge is 0.341 e. The van der Waals surface area contributed by atoms with Crippen molar-refractivity contribution in [2.75, 3.05) is 13.6 Å². The number of hydrogen-bond donors (Lipinski definition) is 0. The quantitative estimate of drug-likeness (QED) is 0.719. The normalized spacial score (nSPS) is 11.0. The van der Waals surface area contributed by atoms with Crippen molar-refractivity contribution < 1.29 is 4.79 Å². The highest BCUT2D eigenvalue weighted by Gasteiger charge is 2.22. The predicted molar refractivity (Wildman–Crippen MR) is 99.2 cm³/mol. The Morgan fingerprint density at radius 3 is 2.64 bits per heavy atom. The van der Waals surface area contributed by atoms with E-state index in [1.165, 1.54) is 15.9 Å². The third kappa shape index (κ3) is 3.19. The van der Waals surface area contributed by atoms with E-state index in [1.54, 1.807) is 38.3 Å². The van der Waals surface area contributed by atoms with Crippen molar-refractivity contribution in [3.63, 3.8) is 0 Å². The molecule has 0 atom stereocenters. The van der Waals surface area contributed by atoms with Gasteiger partial charge in [-0.2, -0.15) is 0 Å². The molecule has 0 N–H and O–H groups in total. The number of fused-ring (bicyclic) bond motifs is 1. The van der Waals surface area contributed by atoms with Gasteiger partial charge in [-0.3, -0.25) is 19.1 Å². The molecule has 3 aromatic rings. The summed E-state index contributed by atoms with van der Waals surface area (Å²) in [6.45, 7) is 4.21. The van der Waals surface area contributed by atoms with E-state index in [2.05, 4.69) is 9.97 Å². The van der Waals surface area contributed by atoms with Crippen molar-refractivity contribution in [3.8, 4) is 0 Å². The van der Waals surface area contributed by atoms with Crippen LogP contribution in [0.4, 0.5) is 0 Å². The summed E-state index contributed by atoms with van der Waals surface area (Å²) in [6.07, 6.45) is 4.25. The lowest BCUT2D eigenvalue weighted by Gasteiger charge is -2.16. The topological polar surface area (TPSA) is 68.1 Å². The van der Waals surface area contributed by atoms with Gasteiger partial charge < -0.3 is 4.90 Å². The predicted octanol–water partition coefficient (Wildman–Crippen LogP) is 2.32. The number of aryl methyl sites for hydroxylation is 2. The molecule has 0 aromatic carbocycles. The second kappa shape index (κ2) is 6.76. The number of nitrogens with zero attached hydrogens (tertiary/aromatic N) is 4. The van der Waals surface area contributed by atoms with Gasteiger partial charge in [0.05, 0.1) is 10.3 Å². The number of amides is 1. The highest BCUT2D eigenvalue weighted by Crippen LogP contribution is 2.28. The Morgan fingerprint density at radius 1 is 1.28 bits per heavy atom. The van der Waals surface area contributed by atoms with Crippen LogP contribution in [-0.4, -0.2) is 38.9 Å². The molecule has 0 radical (unpaired) electrons. The van der Waals surface area contributed by atoms with Gasteiger partial charge in [0.15, 0.2) is 0 Å². The molecule has 1 amide bonds. The van der Waals surface area contributed by atoms with E-state index >= 15 is 0 Å². The summed E-state index contributed by atoms with van der Waals surface area (Å²) in [4.78, 5) is 36.7. The minimum absolute atomic E-state index is 0.0748. The molecular formula is C18H20N4O2S. The van der Waals surface area contributed by atoms with Crippen LogP contribution in [0, 0.1) is 13.8 Å². The highest BCUT2D eigenvalue weighted by molar-refractivity contribution is 7.20. The number of pyridine rings is 1. The molecule has 0 aliphatic rings. The van der Waals surface area contributed by atoms with Crippen LogP contribution < -0.4 is 5.56 Å². The van der Waals surface area contributed by atoms with E-state index in [-0.39, 0.29) is 11.5 Å². The van der Waals surface area contributed by atoms with E-state index in [0.29, 0.717) is 33.0 Å². The van der Waals surface area contributed by atoms with E-state index in [9.17, 15) is 9.59 Å². The standard InChI is InChI=1S/C18H20N4O2S/c1-11-14-16(20-12(2)22(4)17(14)23)25-15(11)18(24)21(3)10-7-13-5-8-19-9-6-13/h5-6,8-9H,7,10H2,1-4H3. The van der Waals surface area contributed by atoms with Gasteiger partial charge in [-0.25, -0.2) is 4.98 Å². The molecule has 0 aliphatic carbocycles. The number of carbonyl (C=O) groups is 1. The number of thiophene rings is 1. The molecule has 130 valence electrons. The Labute approximate surface area is 149 Å². The van der Waals surface area contributed by atoms with Gasteiger partial charge in [0.1, 0.15) is 10.7 Å². The third-order valence-electron chi connectivity index (χ3n) is 4.42. The summed E-state index contributed by atoms with van der Waals surface area (Å²) in [7, 11) is 3.48. The zero-order valence-electron chi connectivity index (χ0n) is 14.7. The fourth-order valence-electron chi connectivity index (χ4n) is 2.69. The van der Waals surface area contributed by atoms with Gasteiger partial charge in [0.2, 0.25) is 0 Å². The second-order valence-corrected chi connectivity index (χ2v) is 7.09. The van der Waals surface area contributed by atoms with E-state index < -0.39 is 0 Å². The van der Waals surface area contributed by atoms with Crippen LogP contribution in [-0.2, 0) is 13.5 Å². The summed E-state index contributed by atoms with van der Waals surface area (Å²) in [5, 5.41) is 0.545. The Kier molecular flexibility index (Phi) is 4.67. The van der Waals surface area contributed by atoms with E-state index in [4.69, 9.17) is 0 Å². The van der Waals surface area contributed by atoms with Gasteiger partial charge >= 0.3 is 0 Å². The first kappa shape index (κ1) is 17.3. The maximum atomic E-state index is 12.8. The molecular weight excluding hydrogens is 336 g/mol. The summed E-state index contributed by atoms with van der Waals surface area (Å²) < 4.78 is 1.52. The smallest absolute Gasteiger partial charge is 0.264 e.